The molecule has 0 spiro atoms. The fourth-order valence-corrected chi connectivity index (χ4v) is 0.834. The van der Waals surface area contributed by atoms with E-state index in [4.69, 9.17) is 0 Å². The number of carbonyl (C=O) groups is 1. The van der Waals surface area contributed by atoms with Crippen molar-refractivity contribution in [1.82, 2.24) is 5.32 Å². The predicted molar refractivity (Wildman–Crippen MR) is 61.0 cm³/mol. The molecule has 2 N–H and O–H groups in total. The molecule has 1 aromatic carbocycles. The van der Waals surface area contributed by atoms with Crippen LogP contribution in [0.3, 0.4) is 0 Å². The van der Waals surface area contributed by atoms with Crippen molar-refractivity contribution >= 4 is 6.41 Å². The van der Waals surface area contributed by atoms with Crippen LogP contribution in [0.2, 0.25) is 0 Å². The first-order chi connectivity index (χ1) is 7.26. The Kier molecular flexibility index (Phi) is 7.63. The Labute approximate surface area is 89.8 Å². The van der Waals surface area contributed by atoms with Crippen LogP contribution in [-0.4, -0.2) is 11.5 Å². The number of rotatable bonds is 4. The van der Waals surface area contributed by atoms with Gasteiger partial charge in [0.05, 0.1) is 6.10 Å². The van der Waals surface area contributed by atoms with Gasteiger partial charge in [0.15, 0.2) is 0 Å². The first-order valence-corrected chi connectivity index (χ1v) is 4.42. The standard InChI is InChI=1S/C9H10O.C3H5NO/c1-2-9(10)8-6-4-3-5-7-8;1-2-4-3-5/h2-7,9-10H,1H2;2-3H,1H2,(H,4,5). The van der Waals surface area contributed by atoms with Gasteiger partial charge in [-0.3, -0.25) is 4.79 Å². The number of hydrogen-bond donors (Lipinski definition) is 2. The number of nitrogens with one attached hydrogen (secondary N) is 1. The molecule has 1 unspecified atom stereocenters. The fraction of sp³-hybridized carbons (Fsp3) is 0.0833. The lowest BCUT2D eigenvalue weighted by atomic mass is 10.1. The van der Waals surface area contributed by atoms with Crippen molar-refractivity contribution in [2.24, 2.45) is 0 Å². The summed E-state index contributed by atoms with van der Waals surface area (Å²) in [6.45, 7) is 6.70. The van der Waals surface area contributed by atoms with Crippen molar-refractivity contribution in [3.05, 3.63) is 61.3 Å². The minimum atomic E-state index is -0.527. The summed E-state index contributed by atoms with van der Waals surface area (Å²) in [5.74, 6) is 0. The topological polar surface area (TPSA) is 49.3 Å². The molecule has 0 saturated carbocycles. The molecular formula is C12H15NO2. The summed E-state index contributed by atoms with van der Waals surface area (Å²) >= 11 is 0. The van der Waals surface area contributed by atoms with Gasteiger partial charge in [-0.25, -0.2) is 0 Å². The number of aliphatic hydroxyl groups is 1. The van der Waals surface area contributed by atoms with Crippen molar-refractivity contribution < 1.29 is 9.90 Å². The van der Waals surface area contributed by atoms with Crippen LogP contribution in [0.4, 0.5) is 0 Å². The fourth-order valence-electron chi connectivity index (χ4n) is 0.834. The monoisotopic (exact) mass is 205 g/mol. The largest absolute Gasteiger partial charge is 0.384 e. The van der Waals surface area contributed by atoms with Gasteiger partial charge in [0, 0.05) is 0 Å². The van der Waals surface area contributed by atoms with E-state index in [9.17, 15) is 9.90 Å². The lowest BCUT2D eigenvalue weighted by Gasteiger charge is -2.02. The molecule has 15 heavy (non-hydrogen) atoms. The van der Waals surface area contributed by atoms with Crippen molar-refractivity contribution in [2.75, 3.05) is 0 Å². The van der Waals surface area contributed by atoms with Crippen LogP contribution in [0, 0.1) is 0 Å². The Hall–Kier alpha value is -1.87. The first kappa shape index (κ1) is 13.1. The van der Waals surface area contributed by atoms with Gasteiger partial charge in [-0.05, 0) is 11.8 Å². The highest BCUT2D eigenvalue weighted by Crippen LogP contribution is 2.11. The van der Waals surface area contributed by atoms with Crippen molar-refractivity contribution in [1.29, 1.82) is 0 Å². The first-order valence-electron chi connectivity index (χ1n) is 4.42. The molecule has 1 aromatic rings. The summed E-state index contributed by atoms with van der Waals surface area (Å²) in [4.78, 5) is 9.22. The Balaban J connectivity index is 0.000000336. The van der Waals surface area contributed by atoms with E-state index < -0.39 is 6.10 Å². The molecule has 1 amide bonds. The van der Waals surface area contributed by atoms with Crippen LogP contribution >= 0.6 is 0 Å². The SMILES string of the molecule is C=CC(O)c1ccccc1.C=CNC=O. The van der Waals surface area contributed by atoms with Gasteiger partial charge < -0.3 is 10.4 Å². The van der Waals surface area contributed by atoms with Crippen LogP contribution in [-0.2, 0) is 4.79 Å². The molecule has 0 bridgehead atoms. The van der Waals surface area contributed by atoms with Crippen LogP contribution in [0.25, 0.3) is 0 Å². The summed E-state index contributed by atoms with van der Waals surface area (Å²) in [5, 5.41) is 11.4. The van der Waals surface area contributed by atoms with Crippen molar-refractivity contribution in [2.45, 2.75) is 6.10 Å². The maximum absolute atomic E-state index is 9.22. The molecule has 3 heteroatoms. The predicted octanol–water partition coefficient (Wildman–Crippen LogP) is 1.78. The van der Waals surface area contributed by atoms with Gasteiger partial charge >= 0.3 is 0 Å². The van der Waals surface area contributed by atoms with Crippen LogP contribution < -0.4 is 5.32 Å². The number of aliphatic hydroxyl groups excluding tert-OH is 1. The Bertz CT molecular complexity index is 290. The molecule has 0 aliphatic carbocycles. The number of hydrogen-bond acceptors (Lipinski definition) is 2. The summed E-state index contributed by atoms with van der Waals surface area (Å²) in [7, 11) is 0. The van der Waals surface area contributed by atoms with Gasteiger partial charge in [0.1, 0.15) is 0 Å². The normalized spacial score (nSPS) is 10.2. The van der Waals surface area contributed by atoms with Crippen molar-refractivity contribution in [3.63, 3.8) is 0 Å². The molecule has 0 saturated heterocycles. The third-order valence-electron chi connectivity index (χ3n) is 1.55. The molecule has 0 aliphatic heterocycles. The van der Waals surface area contributed by atoms with E-state index in [1.807, 2.05) is 30.3 Å². The maximum atomic E-state index is 9.22. The summed E-state index contributed by atoms with van der Waals surface area (Å²) in [6, 6.07) is 9.43. The van der Waals surface area contributed by atoms with Crippen molar-refractivity contribution in [3.8, 4) is 0 Å². The van der Waals surface area contributed by atoms with E-state index in [0.717, 1.165) is 5.56 Å². The molecule has 0 radical (unpaired) electrons. The highest BCUT2D eigenvalue weighted by atomic mass is 16.3. The second-order valence-electron chi connectivity index (χ2n) is 2.58. The molecular weight excluding hydrogens is 190 g/mol. The average Bonchev–Trinajstić information content (AvgIpc) is 2.31. The summed E-state index contributed by atoms with van der Waals surface area (Å²) in [6.07, 6.45) is 2.86. The molecule has 1 rings (SSSR count). The second kappa shape index (κ2) is 8.72. The summed E-state index contributed by atoms with van der Waals surface area (Å²) < 4.78 is 0. The highest BCUT2D eigenvalue weighted by Gasteiger charge is 1.98. The van der Waals surface area contributed by atoms with Gasteiger partial charge in [-0.2, -0.15) is 0 Å². The Morgan fingerprint density at radius 1 is 1.27 bits per heavy atom. The Morgan fingerprint density at radius 2 is 1.87 bits per heavy atom. The molecule has 0 heterocycles. The summed E-state index contributed by atoms with van der Waals surface area (Å²) in [5.41, 5.74) is 0.887. The Morgan fingerprint density at radius 3 is 2.20 bits per heavy atom. The lowest BCUT2D eigenvalue weighted by molar-refractivity contribution is -0.108. The second-order valence-corrected chi connectivity index (χ2v) is 2.58. The number of amides is 1. The minimum Gasteiger partial charge on any atom is -0.384 e. The molecule has 1 atom stereocenters. The highest BCUT2D eigenvalue weighted by molar-refractivity contribution is 5.47. The number of carbonyl (C=O) groups excluding carboxylic acids is 1. The average molecular weight is 205 g/mol. The zero-order valence-corrected chi connectivity index (χ0v) is 8.47. The molecule has 0 aliphatic rings. The smallest absolute Gasteiger partial charge is 0.211 e. The third kappa shape index (κ3) is 6.23. The van der Waals surface area contributed by atoms with Gasteiger partial charge in [-0.15, -0.1) is 6.58 Å². The van der Waals surface area contributed by atoms with E-state index in [-0.39, 0.29) is 0 Å². The zero-order valence-electron chi connectivity index (χ0n) is 8.47. The van der Waals surface area contributed by atoms with E-state index >= 15 is 0 Å². The van der Waals surface area contributed by atoms with E-state index in [2.05, 4.69) is 18.5 Å². The molecule has 3 nitrogen and oxygen atoms in total. The van der Waals surface area contributed by atoms with Gasteiger partial charge in [-0.1, -0.05) is 43.0 Å². The molecule has 0 aromatic heterocycles. The zero-order chi connectivity index (χ0) is 11.5. The van der Waals surface area contributed by atoms with Gasteiger partial charge in [0.25, 0.3) is 0 Å². The minimum absolute atomic E-state index is 0.527. The van der Waals surface area contributed by atoms with Gasteiger partial charge in [0.2, 0.25) is 6.41 Å². The molecule has 80 valence electrons. The van der Waals surface area contributed by atoms with E-state index in [0.29, 0.717) is 6.41 Å². The van der Waals surface area contributed by atoms with Crippen LogP contribution in [0.5, 0.6) is 0 Å². The van der Waals surface area contributed by atoms with Crippen LogP contribution in [0.15, 0.2) is 55.8 Å². The van der Waals surface area contributed by atoms with E-state index in [1.54, 1.807) is 0 Å². The quantitative estimate of drug-likeness (QED) is 0.581. The lowest BCUT2D eigenvalue weighted by Crippen LogP contribution is -1.96. The third-order valence-corrected chi connectivity index (χ3v) is 1.55. The van der Waals surface area contributed by atoms with E-state index in [1.165, 1.54) is 12.3 Å². The van der Waals surface area contributed by atoms with Crippen LogP contribution in [0.1, 0.15) is 11.7 Å². The molecule has 0 fully saturated rings. The maximum Gasteiger partial charge on any atom is 0.211 e. The number of benzene rings is 1.